The summed E-state index contributed by atoms with van der Waals surface area (Å²) in [7, 11) is -4.48. The zero-order valence-corrected chi connectivity index (χ0v) is 12.8. The molecule has 3 N–H and O–H groups in total. The number of rotatable bonds is 5. The van der Waals surface area contributed by atoms with Crippen LogP contribution in [0.25, 0.3) is 16.4 Å². The summed E-state index contributed by atoms with van der Waals surface area (Å²) in [6.45, 7) is 5.65. The first-order valence-corrected chi connectivity index (χ1v) is 8.11. The van der Waals surface area contributed by atoms with E-state index in [2.05, 4.69) is 11.6 Å². The largest absolute Gasteiger partial charge is 0.504 e. The number of aromatic nitrogens is 1. The Balaban J connectivity index is 2.57. The molecule has 6 nitrogen and oxygen atoms in total. The fourth-order valence-electron chi connectivity index (χ4n) is 1.99. The third kappa shape index (κ3) is 3.36. The van der Waals surface area contributed by atoms with Crippen LogP contribution in [0.3, 0.4) is 0 Å². The molecule has 0 aliphatic heterocycles. The van der Waals surface area contributed by atoms with Crippen LogP contribution in [0.5, 0.6) is 11.5 Å². The van der Waals surface area contributed by atoms with Crippen molar-refractivity contribution in [2.75, 3.05) is 6.61 Å². The van der Waals surface area contributed by atoms with Crippen LogP contribution in [-0.4, -0.2) is 26.5 Å². The van der Waals surface area contributed by atoms with E-state index in [1.807, 2.05) is 0 Å². The minimum Gasteiger partial charge on any atom is -0.504 e. The molecule has 1 heterocycles. The van der Waals surface area contributed by atoms with Crippen molar-refractivity contribution in [3.8, 4) is 22.6 Å². The number of phenolic OH excluding ortho intramolecular Hbond substituents is 1. The second-order valence-electron chi connectivity index (χ2n) is 4.53. The minimum atomic E-state index is -4.48. The first kappa shape index (κ1) is 16.2. The summed E-state index contributed by atoms with van der Waals surface area (Å²) in [6, 6.07) is 6.32. The van der Waals surface area contributed by atoms with Crippen molar-refractivity contribution >= 4 is 12.9 Å². The maximum atomic E-state index is 11.4. The molecule has 2 aromatic rings. The average molecular weight is 321 g/mol. The van der Waals surface area contributed by atoms with E-state index in [0.29, 0.717) is 23.5 Å². The number of nitrogens with zero attached hydrogens (tertiary/aromatic N) is 1. The second-order valence-corrected chi connectivity index (χ2v) is 6.16. The van der Waals surface area contributed by atoms with E-state index >= 15 is 0 Å². The van der Waals surface area contributed by atoms with Gasteiger partial charge < -0.3 is 19.6 Å². The molecule has 0 amide bonds. The van der Waals surface area contributed by atoms with E-state index in [0.717, 1.165) is 0 Å². The standard InChI is InChI=1S/C15H16NO5P/c1-3-21-15-8-11(4-5-14(15)17)12-6-7-16-9-13(12)10(2)22(18,19)20/h4-9,17H,2-3H2,1H3,(H2,18,19,20). The molecule has 0 fully saturated rings. The van der Waals surface area contributed by atoms with Gasteiger partial charge in [0.1, 0.15) is 0 Å². The van der Waals surface area contributed by atoms with E-state index in [-0.39, 0.29) is 16.6 Å². The summed E-state index contributed by atoms with van der Waals surface area (Å²) in [5.41, 5.74) is 1.43. The van der Waals surface area contributed by atoms with Crippen molar-refractivity contribution in [1.29, 1.82) is 0 Å². The molecule has 0 aliphatic carbocycles. The fourth-order valence-corrected chi connectivity index (χ4v) is 2.48. The van der Waals surface area contributed by atoms with Crippen molar-refractivity contribution < 1.29 is 24.2 Å². The van der Waals surface area contributed by atoms with Gasteiger partial charge in [-0.25, -0.2) is 0 Å². The number of hydrogen-bond donors (Lipinski definition) is 3. The molecule has 7 heteroatoms. The van der Waals surface area contributed by atoms with Gasteiger partial charge in [-0.3, -0.25) is 9.55 Å². The van der Waals surface area contributed by atoms with Crippen LogP contribution in [0.2, 0.25) is 0 Å². The van der Waals surface area contributed by atoms with Gasteiger partial charge in [0, 0.05) is 18.0 Å². The molecule has 1 aromatic carbocycles. The molecule has 0 radical (unpaired) electrons. The summed E-state index contributed by atoms with van der Waals surface area (Å²) in [6.07, 6.45) is 2.86. The van der Waals surface area contributed by atoms with Crippen molar-refractivity contribution in [3.63, 3.8) is 0 Å². The highest BCUT2D eigenvalue weighted by molar-refractivity contribution is 7.63. The molecule has 22 heavy (non-hydrogen) atoms. The Kier molecular flexibility index (Phi) is 4.66. The number of phenols is 1. The fraction of sp³-hybridized carbons (Fsp3) is 0.133. The minimum absolute atomic E-state index is 0.00461. The third-order valence-electron chi connectivity index (χ3n) is 3.05. The van der Waals surface area contributed by atoms with Crippen LogP contribution in [0.1, 0.15) is 12.5 Å². The van der Waals surface area contributed by atoms with Gasteiger partial charge in [-0.2, -0.15) is 0 Å². The second kappa shape index (κ2) is 6.32. The molecule has 0 saturated carbocycles. The third-order valence-corrected chi connectivity index (χ3v) is 4.00. The molecule has 0 spiro atoms. The number of ether oxygens (including phenoxy) is 1. The molecule has 2 rings (SSSR count). The van der Waals surface area contributed by atoms with Crippen LogP contribution in [0, 0.1) is 0 Å². The van der Waals surface area contributed by atoms with Crippen LogP contribution >= 0.6 is 7.60 Å². The van der Waals surface area contributed by atoms with Crippen LogP contribution in [0.15, 0.2) is 43.2 Å². The molecular weight excluding hydrogens is 305 g/mol. The smallest absolute Gasteiger partial charge is 0.356 e. The Bertz CT molecular complexity index is 753. The topological polar surface area (TPSA) is 99.9 Å². The average Bonchev–Trinajstić information content (AvgIpc) is 2.48. The normalized spacial score (nSPS) is 11.2. The van der Waals surface area contributed by atoms with Gasteiger partial charge in [-0.15, -0.1) is 0 Å². The Morgan fingerprint density at radius 1 is 1.36 bits per heavy atom. The SMILES string of the molecule is C=C(c1cnccc1-c1ccc(O)c(OCC)c1)P(=O)(O)O. The van der Waals surface area contributed by atoms with Gasteiger partial charge in [-0.1, -0.05) is 12.6 Å². The molecule has 0 saturated heterocycles. The summed E-state index contributed by atoms with van der Waals surface area (Å²) in [4.78, 5) is 22.5. The molecule has 0 bridgehead atoms. The highest BCUT2D eigenvalue weighted by Crippen LogP contribution is 2.51. The molecule has 116 valence electrons. The Morgan fingerprint density at radius 2 is 2.09 bits per heavy atom. The monoisotopic (exact) mass is 321 g/mol. The van der Waals surface area contributed by atoms with Crippen LogP contribution < -0.4 is 4.74 Å². The highest BCUT2D eigenvalue weighted by atomic mass is 31.2. The molecule has 0 unspecified atom stereocenters. The Hall–Kier alpha value is -2.14. The number of benzene rings is 1. The number of hydrogen-bond acceptors (Lipinski definition) is 4. The molecule has 1 aromatic heterocycles. The van der Waals surface area contributed by atoms with Gasteiger partial charge in [-0.05, 0) is 36.2 Å². The highest BCUT2D eigenvalue weighted by Gasteiger charge is 2.23. The van der Waals surface area contributed by atoms with E-state index in [9.17, 15) is 19.5 Å². The first-order chi connectivity index (χ1) is 10.3. The van der Waals surface area contributed by atoms with Crippen LogP contribution in [-0.2, 0) is 4.57 Å². The lowest BCUT2D eigenvalue weighted by Crippen LogP contribution is -1.94. The van der Waals surface area contributed by atoms with Gasteiger partial charge >= 0.3 is 7.60 Å². The predicted octanol–water partition coefficient (Wildman–Crippen LogP) is 3.00. The summed E-state index contributed by atoms with van der Waals surface area (Å²) in [5.74, 6) is 0.291. The zero-order valence-electron chi connectivity index (χ0n) is 11.9. The zero-order chi connectivity index (χ0) is 16.3. The van der Waals surface area contributed by atoms with E-state index < -0.39 is 7.60 Å². The van der Waals surface area contributed by atoms with Crippen molar-refractivity contribution in [1.82, 2.24) is 4.98 Å². The maximum absolute atomic E-state index is 11.4. The van der Waals surface area contributed by atoms with Crippen molar-refractivity contribution in [3.05, 3.63) is 48.8 Å². The summed E-state index contributed by atoms with van der Waals surface area (Å²) >= 11 is 0. The molecular formula is C15H16NO5P. The Labute approximate surface area is 127 Å². The predicted molar refractivity (Wildman–Crippen MR) is 83.6 cm³/mol. The molecule has 0 aliphatic rings. The summed E-state index contributed by atoms with van der Waals surface area (Å²) < 4.78 is 16.8. The quantitative estimate of drug-likeness (QED) is 0.732. The van der Waals surface area contributed by atoms with Crippen LogP contribution in [0.4, 0.5) is 0 Å². The summed E-state index contributed by atoms with van der Waals surface area (Å²) in [5, 5.41) is 9.44. The van der Waals surface area contributed by atoms with Crippen molar-refractivity contribution in [2.24, 2.45) is 0 Å². The van der Waals surface area contributed by atoms with Crippen molar-refractivity contribution in [2.45, 2.75) is 6.92 Å². The first-order valence-electron chi connectivity index (χ1n) is 6.50. The lowest BCUT2D eigenvalue weighted by molar-refractivity contribution is 0.318. The lowest BCUT2D eigenvalue weighted by atomic mass is 10.0. The Morgan fingerprint density at radius 3 is 2.73 bits per heavy atom. The van der Waals surface area contributed by atoms with E-state index in [1.165, 1.54) is 18.5 Å². The molecule has 0 atom stereocenters. The maximum Gasteiger partial charge on any atom is 0.356 e. The van der Waals surface area contributed by atoms with Gasteiger partial charge in [0.15, 0.2) is 11.5 Å². The number of pyridine rings is 1. The van der Waals surface area contributed by atoms with E-state index in [4.69, 9.17) is 4.74 Å². The number of aromatic hydroxyl groups is 1. The lowest BCUT2D eigenvalue weighted by Gasteiger charge is -2.14. The van der Waals surface area contributed by atoms with Gasteiger partial charge in [0.05, 0.1) is 11.9 Å². The van der Waals surface area contributed by atoms with Gasteiger partial charge in [0.2, 0.25) is 0 Å². The van der Waals surface area contributed by atoms with Gasteiger partial charge in [0.25, 0.3) is 0 Å². The van der Waals surface area contributed by atoms with E-state index in [1.54, 1.807) is 25.1 Å².